The van der Waals surface area contributed by atoms with Crippen molar-refractivity contribution in [3.05, 3.63) is 83.6 Å². The normalized spacial score (nSPS) is 11.5. The van der Waals surface area contributed by atoms with E-state index in [9.17, 15) is 22.0 Å². The molecule has 0 fully saturated rings. The number of benzene rings is 3. The van der Waals surface area contributed by atoms with Crippen LogP contribution in [-0.2, 0) is 16.4 Å². The fourth-order valence-electron chi connectivity index (χ4n) is 3.26. The number of H-pyrrole nitrogens is 1. The molecule has 4 rings (SSSR count). The molecule has 170 valence electrons. The van der Waals surface area contributed by atoms with E-state index in [0.29, 0.717) is 23.7 Å². The number of fused-ring (bicyclic) bond motifs is 1. The average Bonchev–Trinajstić information content (AvgIpc) is 3.23. The fourth-order valence-corrected chi connectivity index (χ4v) is 3.77. The van der Waals surface area contributed by atoms with Gasteiger partial charge in [-0.3, -0.25) is 9.89 Å². The summed E-state index contributed by atoms with van der Waals surface area (Å²) in [5.74, 6) is -2.56. The average molecular weight is 471 g/mol. The molecule has 0 aliphatic heterocycles. The highest BCUT2D eigenvalue weighted by molar-refractivity contribution is 7.89. The lowest BCUT2D eigenvalue weighted by Crippen LogP contribution is -2.15. The molecule has 8 nitrogen and oxygen atoms in total. The smallest absolute Gasteiger partial charge is 0.258 e. The standard InChI is InChI=1S/C22H19F2N5O3S/c23-18-11-19(24)21(26-8-7-13-1-5-16(6-2-13)33(25,31)32)10-17(18)22(30)28-15-4-3-14-12-27-29-20(14)9-15/h1-6,9-12,26H,7-8H2,(H,27,29)(H,28,30)(H2,25,31,32). The van der Waals surface area contributed by atoms with Gasteiger partial charge >= 0.3 is 0 Å². The molecule has 1 amide bonds. The lowest BCUT2D eigenvalue weighted by Gasteiger charge is -2.12. The van der Waals surface area contributed by atoms with E-state index in [1.54, 1.807) is 36.5 Å². The first-order chi connectivity index (χ1) is 15.7. The van der Waals surface area contributed by atoms with Crippen molar-refractivity contribution in [1.82, 2.24) is 10.2 Å². The Labute approximate surface area is 187 Å². The molecule has 0 aliphatic rings. The van der Waals surface area contributed by atoms with E-state index in [4.69, 9.17) is 5.14 Å². The second-order valence-electron chi connectivity index (χ2n) is 7.30. The Kier molecular flexibility index (Phi) is 6.07. The summed E-state index contributed by atoms with van der Waals surface area (Å²) in [6, 6.07) is 12.8. The van der Waals surface area contributed by atoms with Gasteiger partial charge in [-0.2, -0.15) is 5.10 Å². The van der Waals surface area contributed by atoms with Crippen LogP contribution in [-0.4, -0.2) is 31.1 Å². The Hall–Kier alpha value is -3.83. The van der Waals surface area contributed by atoms with Crippen LogP contribution in [0.3, 0.4) is 0 Å². The Morgan fingerprint density at radius 2 is 1.79 bits per heavy atom. The summed E-state index contributed by atoms with van der Waals surface area (Å²) in [7, 11) is -3.78. The summed E-state index contributed by atoms with van der Waals surface area (Å²) >= 11 is 0. The highest BCUT2D eigenvalue weighted by atomic mass is 32.2. The van der Waals surface area contributed by atoms with E-state index in [1.807, 2.05) is 0 Å². The van der Waals surface area contributed by atoms with E-state index < -0.39 is 27.6 Å². The largest absolute Gasteiger partial charge is 0.382 e. The molecule has 3 aromatic carbocycles. The van der Waals surface area contributed by atoms with Gasteiger partial charge in [-0.1, -0.05) is 12.1 Å². The minimum atomic E-state index is -3.78. The summed E-state index contributed by atoms with van der Waals surface area (Å²) in [6.07, 6.45) is 2.06. The Morgan fingerprint density at radius 1 is 1.03 bits per heavy atom. The third-order valence-corrected chi connectivity index (χ3v) is 5.91. The molecule has 0 unspecified atom stereocenters. The number of carbonyl (C=O) groups is 1. The summed E-state index contributed by atoms with van der Waals surface area (Å²) in [4.78, 5) is 12.6. The van der Waals surface area contributed by atoms with E-state index in [2.05, 4.69) is 20.8 Å². The molecular weight excluding hydrogens is 452 g/mol. The number of anilines is 2. The van der Waals surface area contributed by atoms with Crippen molar-refractivity contribution in [2.24, 2.45) is 5.14 Å². The van der Waals surface area contributed by atoms with E-state index in [-0.39, 0.29) is 22.7 Å². The molecule has 0 radical (unpaired) electrons. The van der Waals surface area contributed by atoms with E-state index in [0.717, 1.165) is 17.0 Å². The van der Waals surface area contributed by atoms with Crippen molar-refractivity contribution in [2.75, 3.05) is 17.2 Å². The van der Waals surface area contributed by atoms with Crippen LogP contribution < -0.4 is 15.8 Å². The number of nitrogens with two attached hydrogens (primary N) is 1. The van der Waals surface area contributed by atoms with Crippen LogP contribution in [0.25, 0.3) is 10.9 Å². The number of amides is 1. The van der Waals surface area contributed by atoms with Gasteiger partial charge in [0.1, 0.15) is 11.6 Å². The first-order valence-corrected chi connectivity index (χ1v) is 11.3. The second kappa shape index (κ2) is 8.96. The molecule has 11 heteroatoms. The molecular formula is C22H19F2N5O3S. The van der Waals surface area contributed by atoms with Gasteiger partial charge in [0.15, 0.2) is 0 Å². The maximum absolute atomic E-state index is 14.3. The third-order valence-electron chi connectivity index (χ3n) is 4.98. The van der Waals surface area contributed by atoms with Crippen LogP contribution in [0.5, 0.6) is 0 Å². The first kappa shape index (κ1) is 22.4. The number of nitrogens with one attached hydrogen (secondary N) is 3. The van der Waals surface area contributed by atoms with Crippen molar-refractivity contribution in [3.8, 4) is 0 Å². The molecule has 4 aromatic rings. The molecule has 0 spiro atoms. The van der Waals surface area contributed by atoms with Crippen LogP contribution in [0.15, 0.2) is 65.7 Å². The zero-order valence-electron chi connectivity index (χ0n) is 17.1. The minimum Gasteiger partial charge on any atom is -0.382 e. The number of aromatic nitrogens is 2. The molecule has 0 saturated heterocycles. The van der Waals surface area contributed by atoms with Gasteiger partial charge in [-0.15, -0.1) is 0 Å². The van der Waals surface area contributed by atoms with Gasteiger partial charge in [0.2, 0.25) is 10.0 Å². The highest BCUT2D eigenvalue weighted by Crippen LogP contribution is 2.22. The molecule has 1 aromatic heterocycles. The summed E-state index contributed by atoms with van der Waals surface area (Å²) in [5.41, 5.74) is 1.56. The number of sulfonamides is 1. The van der Waals surface area contributed by atoms with Gasteiger partial charge < -0.3 is 10.6 Å². The number of aromatic amines is 1. The quantitative estimate of drug-likeness (QED) is 0.328. The van der Waals surface area contributed by atoms with Crippen LogP contribution in [0, 0.1) is 11.6 Å². The molecule has 0 bridgehead atoms. The molecule has 5 N–H and O–H groups in total. The van der Waals surface area contributed by atoms with Gasteiger partial charge in [0.25, 0.3) is 5.91 Å². The van der Waals surface area contributed by atoms with Crippen LogP contribution in [0.4, 0.5) is 20.2 Å². The first-order valence-electron chi connectivity index (χ1n) is 9.80. The Morgan fingerprint density at radius 3 is 2.52 bits per heavy atom. The topological polar surface area (TPSA) is 130 Å². The van der Waals surface area contributed by atoms with Crippen LogP contribution >= 0.6 is 0 Å². The lowest BCUT2D eigenvalue weighted by molar-refractivity contribution is 0.102. The van der Waals surface area contributed by atoms with Crippen molar-refractivity contribution in [1.29, 1.82) is 0 Å². The predicted molar refractivity (Wildman–Crippen MR) is 120 cm³/mol. The van der Waals surface area contributed by atoms with Gasteiger partial charge in [0, 0.05) is 23.7 Å². The number of nitrogens with zero attached hydrogens (tertiary/aromatic N) is 1. The summed E-state index contributed by atoms with van der Waals surface area (Å²) in [5, 5.41) is 18.0. The number of halogens is 2. The number of hydrogen-bond acceptors (Lipinski definition) is 5. The third kappa shape index (κ3) is 5.16. The predicted octanol–water partition coefficient (Wildman–Crippen LogP) is 3.40. The van der Waals surface area contributed by atoms with Crippen LogP contribution in [0.1, 0.15) is 15.9 Å². The molecule has 0 atom stereocenters. The zero-order chi connectivity index (χ0) is 23.6. The summed E-state index contributed by atoms with van der Waals surface area (Å²) < 4.78 is 51.2. The lowest BCUT2D eigenvalue weighted by atomic mass is 10.1. The van der Waals surface area contributed by atoms with Gasteiger partial charge in [-0.25, -0.2) is 22.3 Å². The van der Waals surface area contributed by atoms with Crippen molar-refractivity contribution in [3.63, 3.8) is 0 Å². The number of hydrogen-bond donors (Lipinski definition) is 4. The molecule has 33 heavy (non-hydrogen) atoms. The summed E-state index contributed by atoms with van der Waals surface area (Å²) in [6.45, 7) is 0.259. The van der Waals surface area contributed by atoms with Gasteiger partial charge in [-0.05, 0) is 48.4 Å². The zero-order valence-corrected chi connectivity index (χ0v) is 17.9. The Balaban J connectivity index is 1.44. The number of primary sulfonamides is 1. The van der Waals surface area contributed by atoms with Gasteiger partial charge in [0.05, 0.1) is 27.9 Å². The maximum atomic E-state index is 14.3. The van der Waals surface area contributed by atoms with Crippen molar-refractivity contribution < 1.29 is 22.0 Å². The van der Waals surface area contributed by atoms with E-state index >= 15 is 0 Å². The monoisotopic (exact) mass is 471 g/mol. The maximum Gasteiger partial charge on any atom is 0.258 e. The van der Waals surface area contributed by atoms with Crippen molar-refractivity contribution >= 4 is 38.2 Å². The molecule has 1 heterocycles. The highest BCUT2D eigenvalue weighted by Gasteiger charge is 2.17. The molecule has 0 saturated carbocycles. The molecule has 0 aliphatic carbocycles. The second-order valence-corrected chi connectivity index (χ2v) is 8.87. The Bertz CT molecular complexity index is 1440. The van der Waals surface area contributed by atoms with E-state index in [1.165, 1.54) is 12.1 Å². The number of carbonyl (C=O) groups excluding carboxylic acids is 1. The SMILES string of the molecule is NS(=O)(=O)c1ccc(CCNc2cc(C(=O)Nc3ccc4cn[nH]c4c3)c(F)cc2F)cc1. The fraction of sp³-hybridized carbons (Fsp3) is 0.0909. The van der Waals surface area contributed by atoms with Crippen LogP contribution in [0.2, 0.25) is 0 Å². The number of rotatable bonds is 7. The van der Waals surface area contributed by atoms with Crippen molar-refractivity contribution in [2.45, 2.75) is 11.3 Å². The minimum absolute atomic E-state index is 0.00822.